The lowest BCUT2D eigenvalue weighted by molar-refractivity contribution is 0.0377. The zero-order valence-electron chi connectivity index (χ0n) is 20.5. The molecule has 0 bridgehead atoms. The average Bonchev–Trinajstić information content (AvgIpc) is 2.84. The van der Waals surface area contributed by atoms with Gasteiger partial charge in [-0.3, -0.25) is 14.3 Å². The fraction of sp³-hybridized carbons (Fsp3) is 0.385. The number of hydrogen-bond acceptors (Lipinski definition) is 6. The SMILES string of the molecule is CC(C)CC(NS(=O)(=O)CCCOCn1ccc(=O)[nH]c1=O)C(O)(c1ccccc1)c1ccccc1. The van der Waals surface area contributed by atoms with Crippen LogP contribution in [-0.4, -0.2) is 41.5 Å². The predicted octanol–water partition coefficient (Wildman–Crippen LogP) is 2.17. The molecule has 10 heteroatoms. The van der Waals surface area contributed by atoms with E-state index >= 15 is 0 Å². The summed E-state index contributed by atoms with van der Waals surface area (Å²) < 4.78 is 35.5. The molecule has 1 aromatic heterocycles. The number of rotatable bonds is 13. The number of sulfonamides is 1. The normalized spacial score (nSPS) is 13.1. The van der Waals surface area contributed by atoms with Gasteiger partial charge in [0.15, 0.2) is 0 Å². The van der Waals surface area contributed by atoms with Crippen LogP contribution in [0.4, 0.5) is 0 Å². The third-order valence-electron chi connectivity index (χ3n) is 5.79. The second-order valence-electron chi connectivity index (χ2n) is 9.09. The van der Waals surface area contributed by atoms with Gasteiger partial charge in [0.1, 0.15) is 12.3 Å². The smallest absolute Gasteiger partial charge is 0.330 e. The Labute approximate surface area is 210 Å². The minimum Gasteiger partial charge on any atom is -0.379 e. The zero-order chi connectivity index (χ0) is 26.2. The van der Waals surface area contributed by atoms with E-state index in [9.17, 15) is 23.1 Å². The first kappa shape index (κ1) is 27.5. The largest absolute Gasteiger partial charge is 0.379 e. The van der Waals surface area contributed by atoms with Gasteiger partial charge in [-0.25, -0.2) is 17.9 Å². The summed E-state index contributed by atoms with van der Waals surface area (Å²) in [4.78, 5) is 25.0. The number of aliphatic hydroxyl groups is 1. The molecule has 1 atom stereocenters. The van der Waals surface area contributed by atoms with E-state index in [1.807, 2.05) is 50.2 Å². The van der Waals surface area contributed by atoms with Crippen LogP contribution in [0.5, 0.6) is 0 Å². The number of aromatic nitrogens is 2. The van der Waals surface area contributed by atoms with Crippen molar-refractivity contribution in [1.29, 1.82) is 0 Å². The maximum atomic E-state index is 13.1. The van der Waals surface area contributed by atoms with Crippen molar-refractivity contribution in [3.63, 3.8) is 0 Å². The van der Waals surface area contributed by atoms with E-state index in [0.717, 1.165) is 0 Å². The molecule has 36 heavy (non-hydrogen) atoms. The van der Waals surface area contributed by atoms with Crippen LogP contribution in [0, 0.1) is 5.92 Å². The molecule has 9 nitrogen and oxygen atoms in total. The number of H-pyrrole nitrogens is 1. The lowest BCUT2D eigenvalue weighted by Gasteiger charge is -2.38. The first-order chi connectivity index (χ1) is 17.1. The molecule has 3 N–H and O–H groups in total. The van der Waals surface area contributed by atoms with Gasteiger partial charge in [0.25, 0.3) is 5.56 Å². The summed E-state index contributed by atoms with van der Waals surface area (Å²) in [6, 6.07) is 18.5. The van der Waals surface area contributed by atoms with Crippen molar-refractivity contribution >= 4 is 10.0 Å². The van der Waals surface area contributed by atoms with Crippen molar-refractivity contribution in [2.75, 3.05) is 12.4 Å². The molecule has 0 aliphatic rings. The van der Waals surface area contributed by atoms with Gasteiger partial charge in [-0.15, -0.1) is 0 Å². The van der Waals surface area contributed by atoms with Crippen LogP contribution in [0.3, 0.4) is 0 Å². The van der Waals surface area contributed by atoms with Gasteiger partial charge < -0.3 is 9.84 Å². The summed E-state index contributed by atoms with van der Waals surface area (Å²) >= 11 is 0. The van der Waals surface area contributed by atoms with E-state index < -0.39 is 32.9 Å². The molecule has 0 saturated heterocycles. The lowest BCUT2D eigenvalue weighted by atomic mass is 9.77. The molecule has 3 rings (SSSR count). The third kappa shape index (κ3) is 7.23. The number of ether oxygens (including phenoxy) is 1. The number of nitrogens with zero attached hydrogens (tertiary/aromatic N) is 1. The Kier molecular flexibility index (Phi) is 9.38. The van der Waals surface area contributed by atoms with Crippen LogP contribution in [-0.2, 0) is 27.1 Å². The van der Waals surface area contributed by atoms with E-state index in [-0.39, 0.29) is 31.4 Å². The van der Waals surface area contributed by atoms with Crippen molar-refractivity contribution in [3.8, 4) is 0 Å². The molecule has 2 aromatic carbocycles. The molecule has 0 amide bonds. The number of nitrogens with one attached hydrogen (secondary N) is 2. The summed E-state index contributed by atoms with van der Waals surface area (Å²) in [6.45, 7) is 3.93. The molecule has 0 radical (unpaired) electrons. The number of benzene rings is 2. The predicted molar refractivity (Wildman–Crippen MR) is 138 cm³/mol. The highest BCUT2D eigenvalue weighted by molar-refractivity contribution is 7.89. The van der Waals surface area contributed by atoms with Crippen LogP contribution in [0.25, 0.3) is 0 Å². The van der Waals surface area contributed by atoms with Crippen LogP contribution >= 0.6 is 0 Å². The van der Waals surface area contributed by atoms with E-state index in [2.05, 4.69) is 9.71 Å². The van der Waals surface area contributed by atoms with Crippen molar-refractivity contribution in [3.05, 3.63) is 105 Å². The molecule has 0 fully saturated rings. The monoisotopic (exact) mass is 515 g/mol. The van der Waals surface area contributed by atoms with Crippen LogP contribution in [0.1, 0.15) is 37.8 Å². The molecule has 0 aliphatic carbocycles. The van der Waals surface area contributed by atoms with Crippen molar-refractivity contribution in [2.24, 2.45) is 5.92 Å². The van der Waals surface area contributed by atoms with Gasteiger partial charge in [-0.2, -0.15) is 0 Å². The van der Waals surface area contributed by atoms with Crippen molar-refractivity contribution in [2.45, 2.75) is 45.1 Å². The minimum atomic E-state index is -3.79. The maximum Gasteiger partial charge on any atom is 0.330 e. The van der Waals surface area contributed by atoms with Gasteiger partial charge >= 0.3 is 5.69 Å². The Hall–Kier alpha value is -3.05. The standard InChI is InChI=1S/C26H33N3O6S/c1-20(2)18-23(26(32,21-10-5-3-6-11-21)22-12-7-4-8-13-22)28-36(33,34)17-9-16-35-19-29-15-14-24(30)27-25(29)31/h3-8,10-15,20,23,28,32H,9,16-19H2,1-2H3,(H,27,30,31). The van der Waals surface area contributed by atoms with Gasteiger partial charge in [-0.1, -0.05) is 74.5 Å². The van der Waals surface area contributed by atoms with Crippen LogP contribution in [0.2, 0.25) is 0 Å². The Morgan fingerprint density at radius 1 is 1.00 bits per heavy atom. The fourth-order valence-electron chi connectivity index (χ4n) is 4.06. The fourth-order valence-corrected chi connectivity index (χ4v) is 5.38. The highest BCUT2D eigenvalue weighted by Crippen LogP contribution is 2.36. The molecular formula is C26H33N3O6S. The lowest BCUT2D eigenvalue weighted by Crippen LogP contribution is -2.52. The molecule has 1 unspecified atom stereocenters. The number of aromatic amines is 1. The summed E-state index contributed by atoms with van der Waals surface area (Å²) in [6.07, 6.45) is 1.89. The quantitative estimate of drug-likeness (QED) is 0.299. The van der Waals surface area contributed by atoms with E-state index in [1.54, 1.807) is 24.3 Å². The van der Waals surface area contributed by atoms with Crippen LogP contribution in [0.15, 0.2) is 82.5 Å². The van der Waals surface area contributed by atoms with Gasteiger partial charge in [-0.05, 0) is 29.9 Å². The van der Waals surface area contributed by atoms with Gasteiger partial charge in [0.2, 0.25) is 10.0 Å². The molecule has 1 heterocycles. The molecular weight excluding hydrogens is 482 g/mol. The van der Waals surface area contributed by atoms with Gasteiger partial charge in [0.05, 0.1) is 11.8 Å². The Bertz CT molecular complexity index is 1280. The third-order valence-corrected chi connectivity index (χ3v) is 7.26. The minimum absolute atomic E-state index is 0.0863. The summed E-state index contributed by atoms with van der Waals surface area (Å²) in [5.74, 6) is -0.113. The summed E-state index contributed by atoms with van der Waals surface area (Å²) in [5, 5.41) is 12.1. The topological polar surface area (TPSA) is 130 Å². The molecule has 0 aliphatic heterocycles. The summed E-state index contributed by atoms with van der Waals surface area (Å²) in [7, 11) is -3.79. The second kappa shape index (κ2) is 12.3. The maximum absolute atomic E-state index is 13.1. The van der Waals surface area contributed by atoms with Crippen molar-refractivity contribution in [1.82, 2.24) is 14.3 Å². The highest BCUT2D eigenvalue weighted by Gasteiger charge is 2.42. The molecule has 194 valence electrons. The number of hydrogen-bond donors (Lipinski definition) is 3. The van der Waals surface area contributed by atoms with E-state index in [0.29, 0.717) is 17.5 Å². The average molecular weight is 516 g/mol. The van der Waals surface area contributed by atoms with Crippen molar-refractivity contribution < 1.29 is 18.3 Å². The summed E-state index contributed by atoms with van der Waals surface area (Å²) in [5.41, 5.74) is -1.50. The zero-order valence-corrected chi connectivity index (χ0v) is 21.3. The first-order valence-corrected chi connectivity index (χ1v) is 13.5. The van der Waals surface area contributed by atoms with Gasteiger partial charge in [0, 0.05) is 18.9 Å². The Balaban J connectivity index is 1.73. The molecule has 3 aromatic rings. The first-order valence-electron chi connectivity index (χ1n) is 11.8. The highest BCUT2D eigenvalue weighted by atomic mass is 32.2. The Morgan fingerprint density at radius 3 is 2.11 bits per heavy atom. The Morgan fingerprint density at radius 2 is 1.58 bits per heavy atom. The molecule has 0 saturated carbocycles. The molecule has 0 spiro atoms. The van der Waals surface area contributed by atoms with E-state index in [4.69, 9.17) is 4.74 Å². The second-order valence-corrected chi connectivity index (χ2v) is 11.0. The van der Waals surface area contributed by atoms with E-state index in [1.165, 1.54) is 16.8 Å². The van der Waals surface area contributed by atoms with Crippen LogP contribution < -0.4 is 16.0 Å².